The molecule has 22 heavy (non-hydrogen) atoms. The van der Waals surface area contributed by atoms with E-state index in [-0.39, 0.29) is 12.3 Å². The van der Waals surface area contributed by atoms with Crippen molar-refractivity contribution in [1.82, 2.24) is 4.90 Å². The number of hydrogen-bond donors (Lipinski definition) is 0. The lowest BCUT2D eigenvalue weighted by molar-refractivity contribution is -0.0527. The van der Waals surface area contributed by atoms with Gasteiger partial charge in [-0.05, 0) is 24.5 Å². The van der Waals surface area contributed by atoms with Gasteiger partial charge >= 0.3 is 15.6 Å². The van der Waals surface area contributed by atoms with Crippen LogP contribution in [0.5, 0.6) is 0 Å². The Balaban J connectivity index is 2.09. The van der Waals surface area contributed by atoms with Crippen LogP contribution in [-0.2, 0) is 20.8 Å². The Bertz CT molecular complexity index is 654. The molecule has 0 atom stereocenters. The summed E-state index contributed by atoms with van der Waals surface area (Å²) < 4.78 is 63.8. The number of halogens is 3. The molecule has 0 unspecified atom stereocenters. The minimum absolute atomic E-state index is 0.0377. The molecule has 0 saturated heterocycles. The van der Waals surface area contributed by atoms with Gasteiger partial charge in [-0.3, -0.25) is 4.90 Å². The molecule has 1 heterocycles. The van der Waals surface area contributed by atoms with Crippen LogP contribution in [0.15, 0.2) is 41.7 Å². The SMILES string of the molecule is CC1=C(OS(=O)(=O)C(F)(F)F)CN(Cc2ccccc2)CC1. The van der Waals surface area contributed by atoms with Gasteiger partial charge in [-0.15, -0.1) is 0 Å². The van der Waals surface area contributed by atoms with Gasteiger partial charge in [-0.25, -0.2) is 0 Å². The van der Waals surface area contributed by atoms with Gasteiger partial charge < -0.3 is 4.18 Å². The quantitative estimate of drug-likeness (QED) is 0.627. The Kier molecular flexibility index (Phi) is 4.81. The second-order valence-corrected chi connectivity index (χ2v) is 6.67. The fourth-order valence-electron chi connectivity index (χ4n) is 2.14. The Labute approximate surface area is 127 Å². The molecule has 0 N–H and O–H groups in total. The standard InChI is InChI=1S/C14H16F3NO3S/c1-11-7-8-18(9-12-5-3-2-4-6-12)10-13(11)21-22(19,20)14(15,16)17/h2-6H,7-10H2,1H3. The smallest absolute Gasteiger partial charge is 0.379 e. The lowest BCUT2D eigenvalue weighted by Gasteiger charge is -2.29. The summed E-state index contributed by atoms with van der Waals surface area (Å²) in [7, 11) is -5.61. The first-order valence-corrected chi connectivity index (χ1v) is 8.05. The van der Waals surface area contributed by atoms with Crippen molar-refractivity contribution in [1.29, 1.82) is 0 Å². The van der Waals surface area contributed by atoms with Crippen LogP contribution in [0.25, 0.3) is 0 Å². The van der Waals surface area contributed by atoms with E-state index in [9.17, 15) is 21.6 Å². The summed E-state index contributed by atoms with van der Waals surface area (Å²) in [5.74, 6) is -0.139. The molecule has 0 aliphatic carbocycles. The maximum Gasteiger partial charge on any atom is 0.534 e. The number of alkyl halides is 3. The molecule has 0 aromatic heterocycles. The van der Waals surface area contributed by atoms with Gasteiger partial charge in [0, 0.05) is 13.1 Å². The molecule has 0 radical (unpaired) electrons. The van der Waals surface area contributed by atoms with Crippen LogP contribution in [0.2, 0.25) is 0 Å². The second-order valence-electron chi connectivity index (χ2n) is 5.13. The molecular formula is C14H16F3NO3S. The topological polar surface area (TPSA) is 46.6 Å². The van der Waals surface area contributed by atoms with E-state index in [0.717, 1.165) is 5.56 Å². The number of nitrogens with zero attached hydrogens (tertiary/aromatic N) is 1. The molecule has 1 aromatic carbocycles. The summed E-state index contributed by atoms with van der Waals surface area (Å²) in [5.41, 5.74) is -3.89. The summed E-state index contributed by atoms with van der Waals surface area (Å²) in [6.07, 6.45) is 0.468. The zero-order valence-electron chi connectivity index (χ0n) is 11.9. The first-order valence-electron chi connectivity index (χ1n) is 6.65. The van der Waals surface area contributed by atoms with E-state index in [1.54, 1.807) is 6.92 Å². The normalized spacial score (nSPS) is 17.6. The summed E-state index contributed by atoms with van der Waals surface area (Å²) >= 11 is 0. The van der Waals surface area contributed by atoms with Crippen molar-refractivity contribution in [3.63, 3.8) is 0 Å². The highest BCUT2D eigenvalue weighted by molar-refractivity contribution is 7.87. The van der Waals surface area contributed by atoms with Crippen molar-refractivity contribution in [3.8, 4) is 0 Å². The fourth-order valence-corrected chi connectivity index (χ4v) is 2.69. The van der Waals surface area contributed by atoms with Crippen molar-refractivity contribution in [2.45, 2.75) is 25.4 Å². The van der Waals surface area contributed by atoms with E-state index in [2.05, 4.69) is 4.18 Å². The minimum Gasteiger partial charge on any atom is -0.379 e. The van der Waals surface area contributed by atoms with E-state index in [1.807, 2.05) is 35.2 Å². The highest BCUT2D eigenvalue weighted by Gasteiger charge is 2.49. The van der Waals surface area contributed by atoms with Crippen LogP contribution in [0.4, 0.5) is 13.2 Å². The number of hydrogen-bond acceptors (Lipinski definition) is 4. The molecule has 4 nitrogen and oxygen atoms in total. The van der Waals surface area contributed by atoms with Gasteiger partial charge in [-0.2, -0.15) is 21.6 Å². The average Bonchev–Trinajstić information content (AvgIpc) is 2.42. The van der Waals surface area contributed by atoms with E-state index in [4.69, 9.17) is 0 Å². The Morgan fingerprint density at radius 2 is 1.86 bits per heavy atom. The van der Waals surface area contributed by atoms with Gasteiger partial charge in [0.1, 0.15) is 5.76 Å². The molecule has 1 aromatic rings. The molecule has 8 heteroatoms. The predicted molar refractivity (Wildman–Crippen MR) is 75.1 cm³/mol. The maximum absolute atomic E-state index is 12.4. The highest BCUT2D eigenvalue weighted by atomic mass is 32.2. The maximum atomic E-state index is 12.4. The van der Waals surface area contributed by atoms with E-state index in [1.165, 1.54) is 0 Å². The predicted octanol–water partition coefficient (Wildman–Crippen LogP) is 3.03. The van der Waals surface area contributed by atoms with Gasteiger partial charge in [0.2, 0.25) is 0 Å². The summed E-state index contributed by atoms with van der Waals surface area (Å²) in [6.45, 7) is 2.78. The fraction of sp³-hybridized carbons (Fsp3) is 0.429. The number of benzene rings is 1. The average molecular weight is 335 g/mol. The Morgan fingerprint density at radius 3 is 2.45 bits per heavy atom. The molecule has 1 aliphatic rings. The van der Waals surface area contributed by atoms with Crippen molar-refractivity contribution in [2.75, 3.05) is 13.1 Å². The summed E-state index contributed by atoms with van der Waals surface area (Å²) in [6, 6.07) is 9.41. The van der Waals surface area contributed by atoms with Crippen LogP contribution in [-0.4, -0.2) is 31.9 Å². The summed E-state index contributed by atoms with van der Waals surface area (Å²) in [4.78, 5) is 1.85. The molecule has 0 amide bonds. The molecule has 0 bridgehead atoms. The molecule has 122 valence electrons. The van der Waals surface area contributed by atoms with Crippen LogP contribution in [0.1, 0.15) is 18.9 Å². The zero-order valence-corrected chi connectivity index (χ0v) is 12.7. The van der Waals surface area contributed by atoms with E-state index < -0.39 is 15.6 Å². The van der Waals surface area contributed by atoms with Crippen molar-refractivity contribution >= 4 is 10.1 Å². The van der Waals surface area contributed by atoms with Crippen molar-refractivity contribution < 1.29 is 25.8 Å². The minimum atomic E-state index is -5.61. The first kappa shape index (κ1) is 16.8. The Hall–Kier alpha value is -1.54. The molecular weight excluding hydrogens is 319 g/mol. The van der Waals surface area contributed by atoms with Crippen LogP contribution in [0.3, 0.4) is 0 Å². The molecule has 0 saturated carbocycles. The monoisotopic (exact) mass is 335 g/mol. The van der Waals surface area contributed by atoms with Crippen LogP contribution < -0.4 is 0 Å². The first-order chi connectivity index (χ1) is 10.2. The number of rotatable bonds is 4. The van der Waals surface area contributed by atoms with Crippen molar-refractivity contribution in [2.24, 2.45) is 0 Å². The second kappa shape index (κ2) is 6.29. The molecule has 0 spiro atoms. The third kappa shape index (κ3) is 4.01. The van der Waals surface area contributed by atoms with Crippen LogP contribution >= 0.6 is 0 Å². The lowest BCUT2D eigenvalue weighted by atomic mass is 10.1. The van der Waals surface area contributed by atoms with Gasteiger partial charge in [0.15, 0.2) is 0 Å². The lowest BCUT2D eigenvalue weighted by Crippen LogP contribution is -2.34. The molecule has 2 rings (SSSR count). The van der Waals surface area contributed by atoms with E-state index >= 15 is 0 Å². The molecule has 0 fully saturated rings. The van der Waals surface area contributed by atoms with Crippen molar-refractivity contribution in [3.05, 3.63) is 47.2 Å². The van der Waals surface area contributed by atoms with Gasteiger partial charge in [0.25, 0.3) is 0 Å². The third-order valence-corrected chi connectivity index (χ3v) is 4.38. The third-order valence-electron chi connectivity index (χ3n) is 3.39. The van der Waals surface area contributed by atoms with E-state index in [0.29, 0.717) is 25.1 Å². The molecule has 1 aliphatic heterocycles. The van der Waals surface area contributed by atoms with Crippen LogP contribution in [0, 0.1) is 0 Å². The van der Waals surface area contributed by atoms with Gasteiger partial charge in [0.05, 0.1) is 6.54 Å². The highest BCUT2D eigenvalue weighted by Crippen LogP contribution is 2.29. The largest absolute Gasteiger partial charge is 0.534 e. The summed E-state index contributed by atoms with van der Waals surface area (Å²) in [5, 5.41) is 0. The zero-order chi connectivity index (χ0) is 16.4. The van der Waals surface area contributed by atoms with Gasteiger partial charge in [-0.1, -0.05) is 30.3 Å². The Morgan fingerprint density at radius 1 is 1.23 bits per heavy atom.